The van der Waals surface area contributed by atoms with Crippen molar-refractivity contribution in [2.45, 2.75) is 26.2 Å². The monoisotopic (exact) mass is 297 g/mol. The molecular weight excluding hydrogens is 274 g/mol. The number of aromatic nitrogens is 2. The Bertz CT molecular complexity index is 430. The normalized spacial score (nSPS) is 15.5. The zero-order chi connectivity index (χ0) is 14.4. The maximum Gasteiger partial charge on any atom is 0.284 e. The number of nitrogens with one attached hydrogen (secondary N) is 1. The zero-order valence-electron chi connectivity index (χ0n) is 12.3. The fourth-order valence-corrected chi connectivity index (χ4v) is 2.94. The van der Waals surface area contributed by atoms with Crippen molar-refractivity contribution in [3.05, 3.63) is 5.01 Å². The molecule has 1 amide bonds. The number of likely N-dealkylation sites (tertiary alicyclic amines) is 1. The van der Waals surface area contributed by atoms with Crippen LogP contribution in [0.5, 0.6) is 0 Å². The molecule has 20 heavy (non-hydrogen) atoms. The minimum Gasteiger partial charge on any atom is -0.360 e. The molecule has 1 aromatic rings. The number of hydrogen-bond donors (Lipinski definition) is 1. The van der Waals surface area contributed by atoms with E-state index in [2.05, 4.69) is 27.3 Å². The van der Waals surface area contributed by atoms with E-state index in [1.54, 1.807) is 4.90 Å². The molecule has 7 heteroatoms. The first-order valence-electron chi connectivity index (χ1n) is 7.26. The van der Waals surface area contributed by atoms with Crippen molar-refractivity contribution >= 4 is 22.4 Å². The molecule has 0 saturated carbocycles. The third kappa shape index (κ3) is 4.14. The van der Waals surface area contributed by atoms with Gasteiger partial charge < -0.3 is 15.1 Å². The highest BCUT2D eigenvalue weighted by molar-refractivity contribution is 7.17. The van der Waals surface area contributed by atoms with Crippen LogP contribution in [0.4, 0.5) is 5.13 Å². The molecule has 0 unspecified atom stereocenters. The number of carbonyl (C=O) groups is 1. The van der Waals surface area contributed by atoms with Crippen LogP contribution in [-0.2, 0) is 0 Å². The number of anilines is 1. The molecule has 6 nitrogen and oxygen atoms in total. The topological polar surface area (TPSA) is 61.4 Å². The minimum absolute atomic E-state index is 0.0359. The second kappa shape index (κ2) is 7.54. The quantitative estimate of drug-likeness (QED) is 0.827. The fraction of sp³-hybridized carbons (Fsp3) is 0.769. The van der Waals surface area contributed by atoms with Crippen LogP contribution < -0.4 is 5.32 Å². The number of nitrogens with zero attached hydrogens (tertiary/aromatic N) is 4. The van der Waals surface area contributed by atoms with Crippen molar-refractivity contribution in [3.8, 4) is 0 Å². The summed E-state index contributed by atoms with van der Waals surface area (Å²) in [4.78, 5) is 16.4. The number of likely N-dealkylation sites (N-methyl/N-ethyl adjacent to an activating group) is 1. The number of carbonyl (C=O) groups excluding carboxylic acids is 1. The zero-order valence-corrected chi connectivity index (χ0v) is 13.1. The van der Waals surface area contributed by atoms with Gasteiger partial charge in [0.05, 0.1) is 0 Å². The Balaban J connectivity index is 1.81. The number of rotatable bonds is 7. The summed E-state index contributed by atoms with van der Waals surface area (Å²) in [5, 5.41) is 12.3. The first-order chi connectivity index (χ1) is 9.70. The summed E-state index contributed by atoms with van der Waals surface area (Å²) in [6, 6.07) is 0. The number of hydrogen-bond acceptors (Lipinski definition) is 6. The van der Waals surface area contributed by atoms with Crippen molar-refractivity contribution in [3.63, 3.8) is 0 Å². The lowest BCUT2D eigenvalue weighted by Gasteiger charge is -2.20. The molecule has 1 aliphatic rings. The lowest BCUT2D eigenvalue weighted by atomic mass is 10.4. The van der Waals surface area contributed by atoms with Gasteiger partial charge >= 0.3 is 0 Å². The van der Waals surface area contributed by atoms with Crippen molar-refractivity contribution in [2.75, 3.05) is 45.1 Å². The molecule has 1 fully saturated rings. The van der Waals surface area contributed by atoms with Gasteiger partial charge in [0, 0.05) is 26.7 Å². The second-order valence-corrected chi connectivity index (χ2v) is 6.09. The molecule has 1 saturated heterocycles. The highest BCUT2D eigenvalue weighted by Gasteiger charge is 2.18. The van der Waals surface area contributed by atoms with Crippen LogP contribution in [0.2, 0.25) is 0 Å². The van der Waals surface area contributed by atoms with Crippen LogP contribution in [0.15, 0.2) is 0 Å². The highest BCUT2D eigenvalue weighted by atomic mass is 32.1. The molecule has 1 aromatic heterocycles. The lowest BCUT2D eigenvalue weighted by molar-refractivity contribution is 0.0781. The van der Waals surface area contributed by atoms with E-state index >= 15 is 0 Å². The van der Waals surface area contributed by atoms with Crippen LogP contribution in [0, 0.1) is 0 Å². The van der Waals surface area contributed by atoms with Crippen molar-refractivity contribution in [1.29, 1.82) is 0 Å². The third-order valence-electron chi connectivity index (χ3n) is 3.43. The molecule has 1 N–H and O–H groups in total. The molecule has 0 aromatic carbocycles. The molecule has 0 spiro atoms. The third-order valence-corrected chi connectivity index (χ3v) is 4.30. The van der Waals surface area contributed by atoms with Crippen LogP contribution in [0.3, 0.4) is 0 Å². The van der Waals surface area contributed by atoms with Crippen LogP contribution in [-0.4, -0.2) is 65.7 Å². The summed E-state index contributed by atoms with van der Waals surface area (Å²) in [5.74, 6) is -0.0359. The van der Waals surface area contributed by atoms with Gasteiger partial charge in [0.2, 0.25) is 10.1 Å². The van der Waals surface area contributed by atoms with E-state index < -0.39 is 0 Å². The molecule has 112 valence electrons. The first-order valence-corrected chi connectivity index (χ1v) is 8.07. The average Bonchev–Trinajstić information content (AvgIpc) is 3.12. The summed E-state index contributed by atoms with van der Waals surface area (Å²) in [6.07, 6.45) is 3.58. The van der Waals surface area contributed by atoms with Gasteiger partial charge in [-0.2, -0.15) is 0 Å². The standard InChI is InChI=1S/C13H23N5OS/c1-3-6-14-13-16-15-11(20-13)12(19)17(2)9-10-18-7-4-5-8-18/h3-10H2,1-2H3,(H,14,16). The van der Waals surface area contributed by atoms with Gasteiger partial charge in [-0.05, 0) is 32.4 Å². The Hall–Kier alpha value is -1.21. The Morgan fingerprint density at radius 2 is 2.15 bits per heavy atom. The van der Waals surface area contributed by atoms with Crippen molar-refractivity contribution < 1.29 is 4.79 Å². The maximum absolute atomic E-state index is 12.2. The van der Waals surface area contributed by atoms with Gasteiger partial charge in [-0.15, -0.1) is 10.2 Å². The van der Waals surface area contributed by atoms with Crippen molar-refractivity contribution in [2.24, 2.45) is 0 Å². The first kappa shape index (κ1) is 15.2. The fourth-order valence-electron chi connectivity index (χ4n) is 2.18. The second-order valence-electron chi connectivity index (χ2n) is 5.11. The summed E-state index contributed by atoms with van der Waals surface area (Å²) in [7, 11) is 1.83. The van der Waals surface area contributed by atoms with Crippen LogP contribution in [0.1, 0.15) is 36.0 Å². The molecular formula is C13H23N5OS. The smallest absolute Gasteiger partial charge is 0.284 e. The van der Waals surface area contributed by atoms with Gasteiger partial charge in [-0.25, -0.2) is 0 Å². The van der Waals surface area contributed by atoms with E-state index in [0.29, 0.717) is 5.01 Å². The van der Waals surface area contributed by atoms with Crippen LogP contribution >= 0.6 is 11.3 Å². The molecule has 2 heterocycles. The Labute approximate surface area is 124 Å². The summed E-state index contributed by atoms with van der Waals surface area (Å²) in [5.41, 5.74) is 0. The molecule has 0 radical (unpaired) electrons. The predicted octanol–water partition coefficient (Wildman–Crippen LogP) is 1.53. The Kier molecular flexibility index (Phi) is 5.72. The van der Waals surface area contributed by atoms with E-state index in [1.165, 1.54) is 24.2 Å². The van der Waals surface area contributed by atoms with E-state index in [4.69, 9.17) is 0 Å². The van der Waals surface area contributed by atoms with Crippen molar-refractivity contribution in [1.82, 2.24) is 20.0 Å². The van der Waals surface area contributed by atoms with E-state index in [9.17, 15) is 4.79 Å². The number of amides is 1. The van der Waals surface area contributed by atoms with Gasteiger partial charge in [0.15, 0.2) is 0 Å². The van der Waals surface area contributed by atoms with E-state index in [1.807, 2.05) is 7.05 Å². The largest absolute Gasteiger partial charge is 0.360 e. The molecule has 1 aliphatic heterocycles. The van der Waals surface area contributed by atoms with Gasteiger partial charge in [0.25, 0.3) is 5.91 Å². The Morgan fingerprint density at radius 3 is 2.85 bits per heavy atom. The lowest BCUT2D eigenvalue weighted by Crippen LogP contribution is -2.35. The SMILES string of the molecule is CCCNc1nnc(C(=O)N(C)CCN2CCCC2)s1. The Morgan fingerprint density at radius 1 is 1.40 bits per heavy atom. The minimum atomic E-state index is -0.0359. The molecule has 0 aliphatic carbocycles. The van der Waals surface area contributed by atoms with Gasteiger partial charge in [-0.3, -0.25) is 4.79 Å². The van der Waals surface area contributed by atoms with Crippen LogP contribution in [0.25, 0.3) is 0 Å². The highest BCUT2D eigenvalue weighted by Crippen LogP contribution is 2.16. The molecule has 2 rings (SSSR count). The average molecular weight is 297 g/mol. The van der Waals surface area contributed by atoms with E-state index in [0.717, 1.165) is 44.3 Å². The summed E-state index contributed by atoms with van der Waals surface area (Å²) < 4.78 is 0. The van der Waals surface area contributed by atoms with Gasteiger partial charge in [-0.1, -0.05) is 18.3 Å². The van der Waals surface area contributed by atoms with E-state index in [-0.39, 0.29) is 5.91 Å². The predicted molar refractivity (Wildman–Crippen MR) is 81.3 cm³/mol. The molecule has 0 atom stereocenters. The summed E-state index contributed by atoms with van der Waals surface area (Å²) >= 11 is 1.33. The molecule has 0 bridgehead atoms. The maximum atomic E-state index is 12.2. The van der Waals surface area contributed by atoms with Gasteiger partial charge in [0.1, 0.15) is 0 Å². The summed E-state index contributed by atoms with van der Waals surface area (Å²) in [6.45, 7) is 6.95.